The van der Waals surface area contributed by atoms with Gasteiger partial charge < -0.3 is 10.3 Å². The number of benzene rings is 6. The maximum atomic E-state index is 6.75. The third-order valence-corrected chi connectivity index (χ3v) is 9.87. The molecular weight excluding hydrogens is 520 g/mol. The lowest BCUT2D eigenvalue weighted by Gasteiger charge is -2.29. The van der Waals surface area contributed by atoms with Gasteiger partial charge in [-0.2, -0.15) is 0 Å². The number of fused-ring (bicyclic) bond motifs is 8. The van der Waals surface area contributed by atoms with Gasteiger partial charge in [-0.1, -0.05) is 109 Å². The van der Waals surface area contributed by atoms with E-state index in [2.05, 4.69) is 139 Å². The molecule has 2 aliphatic rings. The molecule has 2 heteroatoms. The summed E-state index contributed by atoms with van der Waals surface area (Å²) in [5.41, 5.74) is 19.9. The average molecular weight is 553 g/mol. The van der Waals surface area contributed by atoms with Crippen molar-refractivity contribution in [3.8, 4) is 39.1 Å². The molecule has 2 atom stereocenters. The first-order valence-corrected chi connectivity index (χ1v) is 15.4. The molecule has 0 fully saturated rings. The van der Waals surface area contributed by atoms with Crippen LogP contribution in [0.5, 0.6) is 0 Å². The molecule has 0 radical (unpaired) electrons. The van der Waals surface area contributed by atoms with Crippen LogP contribution in [0.15, 0.2) is 127 Å². The Hall–Kier alpha value is -4.92. The number of hydrogen-bond acceptors (Lipinski definition) is 1. The standard InChI is InChI=1S/C41H32N2/c1-2-10-34-36(42)24-23-33-28-12-7-8-18-37(28)43(41(33)34)26-21-19-25(20-22-26)38-31-14-5-6-15-32(31)39-29-13-4-3-11-27(29)30-16-9-17-35(38)40(30)39/h2-22,34,36H,23-24,42H2,1H3/b10-2-. The van der Waals surface area contributed by atoms with E-state index < -0.39 is 0 Å². The van der Waals surface area contributed by atoms with Gasteiger partial charge in [0.15, 0.2) is 0 Å². The van der Waals surface area contributed by atoms with Crippen LogP contribution in [0.25, 0.3) is 71.5 Å². The van der Waals surface area contributed by atoms with E-state index in [1.165, 1.54) is 82.8 Å². The fourth-order valence-corrected chi connectivity index (χ4v) is 8.11. The Labute approximate surface area is 251 Å². The summed E-state index contributed by atoms with van der Waals surface area (Å²) < 4.78 is 2.47. The van der Waals surface area contributed by atoms with Gasteiger partial charge in [-0.15, -0.1) is 0 Å². The fourth-order valence-electron chi connectivity index (χ4n) is 8.11. The second kappa shape index (κ2) is 9.29. The molecule has 1 aromatic heterocycles. The zero-order valence-electron chi connectivity index (χ0n) is 24.2. The molecule has 7 aromatic rings. The highest BCUT2D eigenvalue weighted by Crippen LogP contribution is 2.53. The Morgan fingerprint density at radius 3 is 2.09 bits per heavy atom. The number of allylic oxidation sites excluding steroid dienone is 1. The Morgan fingerprint density at radius 1 is 0.651 bits per heavy atom. The van der Waals surface area contributed by atoms with Crippen LogP contribution in [-0.2, 0) is 6.42 Å². The number of aromatic nitrogens is 1. The monoisotopic (exact) mass is 552 g/mol. The van der Waals surface area contributed by atoms with Gasteiger partial charge >= 0.3 is 0 Å². The number of rotatable bonds is 3. The Bertz CT molecular complexity index is 2270. The Balaban J connectivity index is 1.28. The van der Waals surface area contributed by atoms with Crippen LogP contribution in [-0.4, -0.2) is 10.6 Å². The maximum Gasteiger partial charge on any atom is 0.0534 e. The highest BCUT2D eigenvalue weighted by molar-refractivity contribution is 6.29. The van der Waals surface area contributed by atoms with E-state index in [9.17, 15) is 0 Å². The van der Waals surface area contributed by atoms with E-state index in [1.807, 2.05) is 0 Å². The Kier molecular flexibility index (Phi) is 5.33. The highest BCUT2D eigenvalue weighted by atomic mass is 15.0. The molecule has 0 amide bonds. The molecule has 0 saturated heterocycles. The summed E-state index contributed by atoms with van der Waals surface area (Å²) in [6.07, 6.45) is 6.48. The Morgan fingerprint density at radius 2 is 1.30 bits per heavy atom. The van der Waals surface area contributed by atoms with Crippen molar-refractivity contribution in [3.05, 3.63) is 139 Å². The van der Waals surface area contributed by atoms with Crippen molar-refractivity contribution in [2.75, 3.05) is 0 Å². The molecule has 0 bridgehead atoms. The van der Waals surface area contributed by atoms with E-state index >= 15 is 0 Å². The van der Waals surface area contributed by atoms with Crippen molar-refractivity contribution in [3.63, 3.8) is 0 Å². The summed E-state index contributed by atoms with van der Waals surface area (Å²) in [5, 5.41) is 6.66. The zero-order chi connectivity index (χ0) is 28.7. The fraction of sp³-hybridized carbons (Fsp3) is 0.122. The molecule has 2 unspecified atom stereocenters. The lowest BCUT2D eigenvalue weighted by molar-refractivity contribution is 0.516. The van der Waals surface area contributed by atoms with Gasteiger partial charge in [0.2, 0.25) is 0 Å². The predicted molar refractivity (Wildman–Crippen MR) is 182 cm³/mol. The highest BCUT2D eigenvalue weighted by Gasteiger charge is 2.32. The minimum Gasteiger partial charge on any atom is -0.327 e. The second-order valence-corrected chi connectivity index (χ2v) is 12.1. The largest absolute Gasteiger partial charge is 0.327 e. The normalized spacial score (nSPS) is 17.3. The predicted octanol–water partition coefficient (Wildman–Crippen LogP) is 10.2. The number of nitrogens with zero attached hydrogens (tertiary/aromatic N) is 1. The van der Waals surface area contributed by atoms with Crippen molar-refractivity contribution in [2.24, 2.45) is 5.73 Å². The summed E-state index contributed by atoms with van der Waals surface area (Å²) in [6, 6.07) is 42.8. The van der Waals surface area contributed by atoms with E-state index in [0.29, 0.717) is 0 Å². The zero-order valence-corrected chi connectivity index (χ0v) is 24.2. The van der Waals surface area contributed by atoms with E-state index in [0.717, 1.165) is 12.8 Å². The summed E-state index contributed by atoms with van der Waals surface area (Å²) in [7, 11) is 0. The van der Waals surface area contributed by atoms with Crippen LogP contribution < -0.4 is 5.73 Å². The van der Waals surface area contributed by atoms with Gasteiger partial charge in [0.1, 0.15) is 0 Å². The van der Waals surface area contributed by atoms with Crippen molar-refractivity contribution in [1.29, 1.82) is 0 Å². The van der Waals surface area contributed by atoms with Gasteiger partial charge in [-0.25, -0.2) is 0 Å². The van der Waals surface area contributed by atoms with E-state index in [-0.39, 0.29) is 12.0 Å². The molecule has 9 rings (SSSR count). The molecule has 43 heavy (non-hydrogen) atoms. The average Bonchev–Trinajstić information content (AvgIpc) is 3.57. The number of para-hydroxylation sites is 1. The SMILES string of the molecule is C/C=C\C1c2c(c3ccccc3n2-c2ccc(-c3c4ccccc4c4c5c(cccc35)-c3ccccc3-4)cc2)CCC1N. The molecule has 2 nitrogen and oxygen atoms in total. The molecule has 206 valence electrons. The minimum absolute atomic E-state index is 0.120. The number of hydrogen-bond donors (Lipinski definition) is 1. The van der Waals surface area contributed by atoms with Gasteiger partial charge in [0.05, 0.1) is 5.52 Å². The molecule has 2 N–H and O–H groups in total. The molecule has 1 heterocycles. The first-order valence-electron chi connectivity index (χ1n) is 15.4. The summed E-state index contributed by atoms with van der Waals surface area (Å²) in [6.45, 7) is 2.10. The topological polar surface area (TPSA) is 30.9 Å². The van der Waals surface area contributed by atoms with Gasteiger partial charge in [-0.05, 0) is 98.5 Å². The second-order valence-electron chi connectivity index (χ2n) is 12.1. The van der Waals surface area contributed by atoms with Gasteiger partial charge in [0.25, 0.3) is 0 Å². The van der Waals surface area contributed by atoms with Crippen LogP contribution in [0.2, 0.25) is 0 Å². The minimum atomic E-state index is 0.120. The van der Waals surface area contributed by atoms with Crippen molar-refractivity contribution >= 4 is 32.4 Å². The molecule has 6 aromatic carbocycles. The smallest absolute Gasteiger partial charge is 0.0534 e. The number of nitrogens with two attached hydrogens (primary N) is 1. The quantitative estimate of drug-likeness (QED) is 0.172. The lowest BCUT2D eigenvalue weighted by Crippen LogP contribution is -2.33. The summed E-state index contributed by atoms with van der Waals surface area (Å²) in [4.78, 5) is 0. The first-order chi connectivity index (χ1) is 21.2. The maximum absolute atomic E-state index is 6.75. The van der Waals surface area contributed by atoms with Gasteiger partial charge in [-0.3, -0.25) is 0 Å². The molecular formula is C41H32N2. The first kappa shape index (κ1) is 24.7. The van der Waals surface area contributed by atoms with Crippen LogP contribution >= 0.6 is 0 Å². The van der Waals surface area contributed by atoms with Crippen LogP contribution in [0, 0.1) is 0 Å². The van der Waals surface area contributed by atoms with Gasteiger partial charge in [0, 0.05) is 28.7 Å². The summed E-state index contributed by atoms with van der Waals surface area (Å²) in [5.74, 6) is 0.197. The van der Waals surface area contributed by atoms with Crippen molar-refractivity contribution in [2.45, 2.75) is 31.7 Å². The van der Waals surface area contributed by atoms with Crippen molar-refractivity contribution in [1.82, 2.24) is 4.57 Å². The third kappa shape index (κ3) is 3.39. The summed E-state index contributed by atoms with van der Waals surface area (Å²) >= 11 is 0. The van der Waals surface area contributed by atoms with Crippen molar-refractivity contribution < 1.29 is 0 Å². The molecule has 0 spiro atoms. The van der Waals surface area contributed by atoms with E-state index in [4.69, 9.17) is 5.73 Å². The third-order valence-electron chi connectivity index (χ3n) is 9.87. The van der Waals surface area contributed by atoms with E-state index in [1.54, 1.807) is 0 Å². The molecule has 0 aliphatic heterocycles. The number of aryl methyl sites for hydroxylation is 1. The van der Waals surface area contributed by atoms with Crippen LogP contribution in [0.4, 0.5) is 0 Å². The van der Waals surface area contributed by atoms with Crippen LogP contribution in [0.1, 0.15) is 30.5 Å². The van der Waals surface area contributed by atoms with Crippen LogP contribution in [0.3, 0.4) is 0 Å². The molecule has 2 aliphatic carbocycles. The lowest BCUT2D eigenvalue weighted by atomic mass is 9.82. The molecule has 0 saturated carbocycles.